The highest BCUT2D eigenvalue weighted by molar-refractivity contribution is 7.93. The summed E-state index contributed by atoms with van der Waals surface area (Å²) in [6.45, 7) is 0. The number of anilines is 1. The molecule has 0 radical (unpaired) electrons. The molecule has 0 aliphatic carbocycles. The Hall–Kier alpha value is -2.05. The Kier molecular flexibility index (Phi) is 3.69. The molecule has 0 saturated heterocycles. The fourth-order valence-electron chi connectivity index (χ4n) is 1.47. The minimum Gasteiger partial charge on any atom is -0.272 e. The third-order valence-corrected chi connectivity index (χ3v) is 4.54. The highest BCUT2D eigenvalue weighted by Crippen LogP contribution is 2.21. The Labute approximate surface area is 119 Å². The summed E-state index contributed by atoms with van der Waals surface area (Å²) in [7, 11) is -7.04. The standard InChI is InChI=1S/C9H10FN5O4S2/c1-15-5-8(20(11,16)17)9(13-15)14-21(18,19)7-2-6(10)3-12-4-7/h2-5H,1H3,(H,13,14)(H2,11,16,17). The molecule has 0 aliphatic rings. The zero-order chi connectivity index (χ0) is 15.8. The average molecular weight is 335 g/mol. The second-order valence-electron chi connectivity index (χ2n) is 4.00. The van der Waals surface area contributed by atoms with Crippen molar-refractivity contribution in [1.29, 1.82) is 0 Å². The van der Waals surface area contributed by atoms with Crippen LogP contribution in [0.4, 0.5) is 10.2 Å². The molecule has 12 heteroatoms. The Morgan fingerprint density at radius 1 is 1.29 bits per heavy atom. The maximum Gasteiger partial charge on any atom is 0.264 e. The first kappa shape index (κ1) is 15.3. The number of primary sulfonamides is 1. The van der Waals surface area contributed by atoms with Crippen molar-refractivity contribution in [3.63, 3.8) is 0 Å². The number of halogens is 1. The second-order valence-corrected chi connectivity index (χ2v) is 7.22. The van der Waals surface area contributed by atoms with Gasteiger partial charge in [0.05, 0.1) is 6.20 Å². The first-order chi connectivity index (χ1) is 9.59. The maximum absolute atomic E-state index is 13.0. The van der Waals surface area contributed by atoms with Crippen molar-refractivity contribution in [2.75, 3.05) is 4.72 Å². The highest BCUT2D eigenvalue weighted by atomic mass is 32.2. The minimum absolute atomic E-state index is 0.478. The number of hydrogen-bond donors (Lipinski definition) is 2. The van der Waals surface area contributed by atoms with Crippen molar-refractivity contribution in [1.82, 2.24) is 14.8 Å². The van der Waals surface area contributed by atoms with Gasteiger partial charge in [0.2, 0.25) is 10.0 Å². The van der Waals surface area contributed by atoms with Gasteiger partial charge in [-0.1, -0.05) is 0 Å². The summed E-state index contributed by atoms with van der Waals surface area (Å²) in [6, 6.07) is 0.731. The lowest BCUT2D eigenvalue weighted by atomic mass is 10.5. The van der Waals surface area contributed by atoms with E-state index in [-0.39, 0.29) is 0 Å². The molecule has 2 aromatic heterocycles. The summed E-state index contributed by atoms with van der Waals surface area (Å²) < 4.78 is 62.8. The van der Waals surface area contributed by atoms with Crippen LogP contribution < -0.4 is 9.86 Å². The van der Waals surface area contributed by atoms with E-state index in [0.29, 0.717) is 0 Å². The minimum atomic E-state index is -4.25. The average Bonchev–Trinajstić information content (AvgIpc) is 2.69. The number of nitrogens with zero attached hydrogens (tertiary/aromatic N) is 3. The monoisotopic (exact) mass is 335 g/mol. The molecule has 0 atom stereocenters. The number of aryl methyl sites for hydroxylation is 1. The molecule has 0 saturated carbocycles. The van der Waals surface area contributed by atoms with Gasteiger partial charge in [-0.15, -0.1) is 0 Å². The molecule has 21 heavy (non-hydrogen) atoms. The molecule has 2 rings (SSSR count). The number of hydrogen-bond acceptors (Lipinski definition) is 6. The summed E-state index contributed by atoms with van der Waals surface area (Å²) in [5.74, 6) is -1.34. The predicted octanol–water partition coefficient (Wildman–Crippen LogP) is -0.598. The van der Waals surface area contributed by atoms with Gasteiger partial charge >= 0.3 is 0 Å². The summed E-state index contributed by atoms with van der Waals surface area (Å²) in [6.07, 6.45) is 2.78. The van der Waals surface area contributed by atoms with Gasteiger partial charge in [-0.25, -0.2) is 26.4 Å². The zero-order valence-corrected chi connectivity index (χ0v) is 12.2. The molecule has 0 aromatic carbocycles. The van der Waals surface area contributed by atoms with Crippen molar-refractivity contribution >= 4 is 25.9 Å². The Morgan fingerprint density at radius 3 is 2.52 bits per heavy atom. The maximum atomic E-state index is 13.0. The summed E-state index contributed by atoms with van der Waals surface area (Å²) in [5, 5.41) is 8.63. The van der Waals surface area contributed by atoms with Gasteiger partial charge in [0.25, 0.3) is 10.0 Å². The fourth-order valence-corrected chi connectivity index (χ4v) is 3.19. The van der Waals surface area contributed by atoms with Gasteiger partial charge in [0.15, 0.2) is 5.82 Å². The van der Waals surface area contributed by atoms with Crippen molar-refractivity contribution in [2.24, 2.45) is 12.2 Å². The van der Waals surface area contributed by atoms with Crippen molar-refractivity contribution in [3.05, 3.63) is 30.5 Å². The summed E-state index contributed by atoms with van der Waals surface area (Å²) in [5.41, 5.74) is 0. The van der Waals surface area contributed by atoms with E-state index in [9.17, 15) is 21.2 Å². The smallest absolute Gasteiger partial charge is 0.264 e. The van der Waals surface area contributed by atoms with E-state index < -0.39 is 41.5 Å². The fraction of sp³-hybridized carbons (Fsp3) is 0.111. The van der Waals surface area contributed by atoms with Crippen LogP contribution in [0, 0.1) is 5.82 Å². The molecule has 0 spiro atoms. The molecule has 3 N–H and O–H groups in total. The first-order valence-electron chi connectivity index (χ1n) is 5.29. The van der Waals surface area contributed by atoms with E-state index in [0.717, 1.165) is 29.3 Å². The van der Waals surface area contributed by atoms with E-state index >= 15 is 0 Å². The quantitative estimate of drug-likeness (QED) is 0.765. The molecule has 114 valence electrons. The van der Waals surface area contributed by atoms with Crippen LogP contribution in [-0.4, -0.2) is 31.6 Å². The van der Waals surface area contributed by atoms with E-state index in [2.05, 4.69) is 10.1 Å². The van der Waals surface area contributed by atoms with Crippen LogP contribution in [0.1, 0.15) is 0 Å². The molecule has 2 aromatic rings. The van der Waals surface area contributed by atoms with Crippen molar-refractivity contribution < 1.29 is 21.2 Å². The molecular weight excluding hydrogens is 325 g/mol. The molecule has 0 fully saturated rings. The molecule has 2 heterocycles. The van der Waals surface area contributed by atoms with Crippen LogP contribution in [0.5, 0.6) is 0 Å². The largest absolute Gasteiger partial charge is 0.272 e. The molecule has 0 aliphatic heterocycles. The van der Waals surface area contributed by atoms with Crippen LogP contribution in [-0.2, 0) is 27.1 Å². The lowest BCUT2D eigenvalue weighted by molar-refractivity contribution is 0.592. The van der Waals surface area contributed by atoms with Gasteiger partial charge in [-0.05, 0) is 6.07 Å². The van der Waals surface area contributed by atoms with Crippen LogP contribution in [0.15, 0.2) is 34.4 Å². The Balaban J connectivity index is 2.47. The van der Waals surface area contributed by atoms with Crippen LogP contribution in [0.3, 0.4) is 0 Å². The van der Waals surface area contributed by atoms with Gasteiger partial charge < -0.3 is 0 Å². The lowest BCUT2D eigenvalue weighted by Gasteiger charge is -2.06. The summed E-state index contributed by atoms with van der Waals surface area (Å²) in [4.78, 5) is 2.43. The van der Waals surface area contributed by atoms with Gasteiger partial charge in [-0.3, -0.25) is 14.4 Å². The number of sulfonamides is 2. The predicted molar refractivity (Wildman–Crippen MR) is 69.6 cm³/mol. The molecule has 0 unspecified atom stereocenters. The van der Waals surface area contributed by atoms with E-state index in [1.807, 2.05) is 4.72 Å². The van der Waals surface area contributed by atoms with Gasteiger partial charge in [0.1, 0.15) is 15.6 Å². The molecule has 0 amide bonds. The number of pyridine rings is 1. The molecular formula is C9H10FN5O4S2. The van der Waals surface area contributed by atoms with Crippen molar-refractivity contribution in [2.45, 2.75) is 9.79 Å². The second kappa shape index (κ2) is 5.05. The zero-order valence-electron chi connectivity index (χ0n) is 10.6. The number of nitrogens with one attached hydrogen (secondary N) is 1. The first-order valence-corrected chi connectivity index (χ1v) is 8.32. The normalized spacial score (nSPS) is 12.3. The number of aromatic nitrogens is 3. The number of rotatable bonds is 4. The third-order valence-electron chi connectivity index (χ3n) is 2.32. The molecule has 9 nitrogen and oxygen atoms in total. The third kappa shape index (κ3) is 3.34. The Morgan fingerprint density at radius 2 is 1.95 bits per heavy atom. The topological polar surface area (TPSA) is 137 Å². The van der Waals surface area contributed by atoms with E-state index in [1.54, 1.807) is 0 Å². The lowest BCUT2D eigenvalue weighted by Crippen LogP contribution is -2.18. The van der Waals surface area contributed by atoms with Crippen LogP contribution in [0.25, 0.3) is 0 Å². The van der Waals surface area contributed by atoms with E-state index in [1.165, 1.54) is 7.05 Å². The SMILES string of the molecule is Cn1cc(S(N)(=O)=O)c(NS(=O)(=O)c2cncc(F)c2)n1. The van der Waals surface area contributed by atoms with E-state index in [4.69, 9.17) is 5.14 Å². The van der Waals surface area contributed by atoms with Gasteiger partial charge in [-0.2, -0.15) is 5.10 Å². The highest BCUT2D eigenvalue weighted by Gasteiger charge is 2.24. The van der Waals surface area contributed by atoms with Gasteiger partial charge in [0, 0.05) is 19.4 Å². The van der Waals surface area contributed by atoms with Crippen LogP contribution >= 0.6 is 0 Å². The Bertz CT molecular complexity index is 891. The van der Waals surface area contributed by atoms with Crippen molar-refractivity contribution in [3.8, 4) is 0 Å². The van der Waals surface area contributed by atoms with Crippen LogP contribution in [0.2, 0.25) is 0 Å². The molecule has 0 bridgehead atoms. The summed E-state index contributed by atoms with van der Waals surface area (Å²) >= 11 is 0. The number of nitrogens with two attached hydrogens (primary N) is 1.